The van der Waals surface area contributed by atoms with Gasteiger partial charge in [0.25, 0.3) is 5.91 Å². The summed E-state index contributed by atoms with van der Waals surface area (Å²) in [6.07, 6.45) is 2.08. The fourth-order valence-electron chi connectivity index (χ4n) is 2.53. The van der Waals surface area contributed by atoms with Crippen LogP contribution in [0.15, 0.2) is 24.3 Å². The van der Waals surface area contributed by atoms with Crippen molar-refractivity contribution >= 4 is 17.5 Å². The van der Waals surface area contributed by atoms with Crippen LogP contribution in [0.4, 0.5) is 0 Å². The number of nitrogens with zero attached hydrogens (tertiary/aromatic N) is 5. The van der Waals surface area contributed by atoms with Gasteiger partial charge in [-0.05, 0) is 31.9 Å². The predicted octanol–water partition coefficient (Wildman–Crippen LogP) is 3.03. The Morgan fingerprint density at radius 1 is 1.50 bits per heavy atom. The van der Waals surface area contributed by atoms with E-state index in [4.69, 9.17) is 16.9 Å². The number of carbonyl (C=O) groups is 1. The minimum absolute atomic E-state index is 0.143. The Bertz CT molecular complexity index is 806. The smallest absolute Gasteiger partial charge is 0.293 e. The maximum Gasteiger partial charge on any atom is 0.293 e. The number of hydrogen-bond acceptors (Lipinski definition) is 4. The second-order valence-electron chi connectivity index (χ2n) is 6.15. The molecule has 1 heterocycles. The van der Waals surface area contributed by atoms with E-state index in [2.05, 4.69) is 16.2 Å². The van der Waals surface area contributed by atoms with Gasteiger partial charge in [-0.15, -0.1) is 5.10 Å². The Labute approximate surface area is 145 Å². The van der Waals surface area contributed by atoms with Crippen molar-refractivity contribution in [2.24, 2.45) is 5.92 Å². The van der Waals surface area contributed by atoms with Gasteiger partial charge in [-0.25, -0.2) is 9.67 Å². The Hall–Kier alpha value is -2.39. The summed E-state index contributed by atoms with van der Waals surface area (Å²) >= 11 is 6.27. The zero-order valence-corrected chi connectivity index (χ0v) is 14.4. The van der Waals surface area contributed by atoms with Crippen LogP contribution >= 0.6 is 11.6 Å². The molecule has 6 nitrogen and oxygen atoms in total. The zero-order chi connectivity index (χ0) is 17.3. The number of para-hydroxylation sites is 1. The highest BCUT2D eigenvalue weighted by Gasteiger charge is 2.32. The lowest BCUT2D eigenvalue weighted by atomic mass is 10.2. The SMILES string of the molecule is CC(C#N)CN(C)C(=O)c1nc(C2CC2)n(-c2ccccc2Cl)n1. The van der Waals surface area contributed by atoms with Crippen molar-refractivity contribution in [3.05, 3.63) is 40.9 Å². The van der Waals surface area contributed by atoms with Crippen molar-refractivity contribution < 1.29 is 4.79 Å². The van der Waals surface area contributed by atoms with E-state index in [0.717, 1.165) is 24.4 Å². The van der Waals surface area contributed by atoms with Crippen molar-refractivity contribution in [1.29, 1.82) is 5.26 Å². The van der Waals surface area contributed by atoms with Gasteiger partial charge in [0.1, 0.15) is 5.82 Å². The lowest BCUT2D eigenvalue weighted by Gasteiger charge is -2.16. The molecule has 1 unspecified atom stereocenters. The Balaban J connectivity index is 1.94. The van der Waals surface area contributed by atoms with Crippen LogP contribution in [0.25, 0.3) is 5.69 Å². The van der Waals surface area contributed by atoms with E-state index in [1.165, 1.54) is 4.90 Å². The topological polar surface area (TPSA) is 74.8 Å². The van der Waals surface area contributed by atoms with Gasteiger partial charge in [-0.3, -0.25) is 4.79 Å². The van der Waals surface area contributed by atoms with Crippen LogP contribution in [0.5, 0.6) is 0 Å². The summed E-state index contributed by atoms with van der Waals surface area (Å²) in [7, 11) is 1.66. The largest absolute Gasteiger partial charge is 0.338 e. The lowest BCUT2D eigenvalue weighted by Crippen LogP contribution is -2.31. The van der Waals surface area contributed by atoms with E-state index in [1.807, 2.05) is 18.2 Å². The first-order chi connectivity index (χ1) is 11.5. The summed E-state index contributed by atoms with van der Waals surface area (Å²) in [5.41, 5.74) is 0.723. The van der Waals surface area contributed by atoms with Crippen LogP contribution in [0.2, 0.25) is 5.02 Å². The molecule has 1 aromatic carbocycles. The zero-order valence-electron chi connectivity index (χ0n) is 13.6. The fourth-order valence-corrected chi connectivity index (χ4v) is 2.74. The third-order valence-electron chi connectivity index (χ3n) is 3.96. The van der Waals surface area contributed by atoms with Crippen LogP contribution in [0.1, 0.15) is 42.1 Å². The Morgan fingerprint density at radius 3 is 2.83 bits per heavy atom. The third kappa shape index (κ3) is 3.26. The van der Waals surface area contributed by atoms with E-state index in [-0.39, 0.29) is 17.6 Å². The Kier molecular flexibility index (Phi) is 4.54. The molecule has 0 aliphatic heterocycles. The maximum atomic E-state index is 12.6. The molecule has 0 saturated heterocycles. The summed E-state index contributed by atoms with van der Waals surface area (Å²) in [6, 6.07) is 9.50. The Morgan fingerprint density at radius 2 is 2.21 bits per heavy atom. The molecule has 1 aromatic heterocycles. The second-order valence-corrected chi connectivity index (χ2v) is 6.55. The number of benzene rings is 1. The second kappa shape index (κ2) is 6.62. The average molecular weight is 344 g/mol. The fraction of sp³-hybridized carbons (Fsp3) is 0.412. The number of rotatable bonds is 5. The van der Waals surface area contributed by atoms with Crippen molar-refractivity contribution in [3.63, 3.8) is 0 Å². The maximum absolute atomic E-state index is 12.6. The summed E-state index contributed by atoms with van der Waals surface area (Å²) in [4.78, 5) is 18.5. The van der Waals surface area contributed by atoms with Crippen molar-refractivity contribution in [2.75, 3.05) is 13.6 Å². The highest BCUT2D eigenvalue weighted by molar-refractivity contribution is 6.32. The molecule has 1 amide bonds. The molecule has 0 bridgehead atoms. The number of halogens is 1. The van der Waals surface area contributed by atoms with Crippen molar-refractivity contribution in [2.45, 2.75) is 25.7 Å². The van der Waals surface area contributed by atoms with E-state index in [0.29, 0.717) is 17.5 Å². The van der Waals surface area contributed by atoms with Crippen molar-refractivity contribution in [1.82, 2.24) is 19.7 Å². The highest BCUT2D eigenvalue weighted by atomic mass is 35.5. The van der Waals surface area contributed by atoms with Gasteiger partial charge in [0.2, 0.25) is 5.82 Å². The first-order valence-corrected chi connectivity index (χ1v) is 8.26. The molecule has 0 radical (unpaired) electrons. The third-order valence-corrected chi connectivity index (χ3v) is 4.28. The van der Waals surface area contributed by atoms with Crippen molar-refractivity contribution in [3.8, 4) is 11.8 Å². The molecule has 124 valence electrons. The summed E-state index contributed by atoms with van der Waals surface area (Å²) in [6.45, 7) is 2.11. The molecule has 2 aromatic rings. The standard InChI is InChI=1S/C17H18ClN5O/c1-11(9-19)10-22(2)17(24)15-20-16(12-7-8-12)23(21-15)14-6-4-3-5-13(14)18/h3-6,11-12H,7-8,10H2,1-2H3. The molecular formula is C17H18ClN5O. The quantitative estimate of drug-likeness (QED) is 0.836. The van der Waals surface area contributed by atoms with E-state index in [9.17, 15) is 4.79 Å². The molecule has 3 rings (SSSR count). The van der Waals surface area contributed by atoms with Gasteiger partial charge in [0.15, 0.2) is 0 Å². The number of nitriles is 1. The molecule has 0 spiro atoms. The molecule has 1 fully saturated rings. The summed E-state index contributed by atoms with van der Waals surface area (Å²) < 4.78 is 1.68. The molecule has 24 heavy (non-hydrogen) atoms. The van der Waals surface area contributed by atoms with Crippen LogP contribution in [0, 0.1) is 17.2 Å². The van der Waals surface area contributed by atoms with Gasteiger partial charge in [0, 0.05) is 19.5 Å². The van der Waals surface area contributed by atoms with E-state index >= 15 is 0 Å². The summed E-state index contributed by atoms with van der Waals surface area (Å²) in [5, 5.41) is 13.9. The molecule has 1 atom stereocenters. The number of aromatic nitrogens is 3. The molecule has 0 N–H and O–H groups in total. The van der Waals surface area contributed by atoms with Gasteiger partial charge in [0.05, 0.1) is 22.7 Å². The predicted molar refractivity (Wildman–Crippen MR) is 90.1 cm³/mol. The average Bonchev–Trinajstić information content (AvgIpc) is 3.33. The lowest BCUT2D eigenvalue weighted by molar-refractivity contribution is 0.0773. The van der Waals surface area contributed by atoms with E-state index < -0.39 is 0 Å². The molecule has 1 aliphatic rings. The number of hydrogen-bond donors (Lipinski definition) is 0. The van der Waals surface area contributed by atoms with Gasteiger partial charge < -0.3 is 4.90 Å². The van der Waals surface area contributed by atoms with Crippen LogP contribution in [-0.4, -0.2) is 39.2 Å². The minimum atomic E-state index is -0.287. The monoisotopic (exact) mass is 343 g/mol. The van der Waals surface area contributed by atoms with Crippen LogP contribution in [0.3, 0.4) is 0 Å². The molecule has 7 heteroatoms. The number of amides is 1. The highest BCUT2D eigenvalue weighted by Crippen LogP contribution is 2.40. The number of carbonyl (C=O) groups excluding carboxylic acids is 1. The first kappa shape index (κ1) is 16.5. The minimum Gasteiger partial charge on any atom is -0.338 e. The van der Waals surface area contributed by atoms with Gasteiger partial charge >= 0.3 is 0 Å². The normalized spacial score (nSPS) is 14.9. The van der Waals surface area contributed by atoms with Crippen LogP contribution in [-0.2, 0) is 0 Å². The molecule has 1 aliphatic carbocycles. The van der Waals surface area contributed by atoms with Gasteiger partial charge in [-0.2, -0.15) is 5.26 Å². The first-order valence-electron chi connectivity index (χ1n) is 7.88. The summed E-state index contributed by atoms with van der Waals surface area (Å²) in [5.74, 6) is 0.702. The molecule has 1 saturated carbocycles. The molecular weight excluding hydrogens is 326 g/mol. The van der Waals surface area contributed by atoms with E-state index in [1.54, 1.807) is 24.7 Å². The van der Waals surface area contributed by atoms with Crippen LogP contribution < -0.4 is 0 Å². The van der Waals surface area contributed by atoms with Gasteiger partial charge in [-0.1, -0.05) is 23.7 Å².